The molecular formula is C14H14N2O3S2. The van der Waals surface area contributed by atoms with E-state index < -0.39 is 0 Å². The Morgan fingerprint density at radius 1 is 1.33 bits per heavy atom. The van der Waals surface area contributed by atoms with E-state index in [1.807, 2.05) is 0 Å². The molecule has 1 aromatic heterocycles. The lowest BCUT2D eigenvalue weighted by molar-refractivity contribution is 0.401. The molecule has 1 N–H and O–H groups in total. The number of benzene rings is 1. The first kappa shape index (κ1) is 14.2. The summed E-state index contributed by atoms with van der Waals surface area (Å²) in [7, 11) is 3.14. The maximum atomic E-state index is 12.7. The van der Waals surface area contributed by atoms with Crippen LogP contribution in [-0.4, -0.2) is 29.5 Å². The summed E-state index contributed by atoms with van der Waals surface area (Å²) in [5.74, 6) is 2.11. The van der Waals surface area contributed by atoms with Gasteiger partial charge in [0.15, 0.2) is 4.77 Å². The summed E-state index contributed by atoms with van der Waals surface area (Å²) in [4.78, 5) is 16.6. The molecule has 2 heterocycles. The van der Waals surface area contributed by atoms with E-state index in [2.05, 4.69) is 4.98 Å². The van der Waals surface area contributed by atoms with Crippen molar-refractivity contribution in [2.24, 2.45) is 0 Å². The third-order valence-electron chi connectivity index (χ3n) is 3.36. The van der Waals surface area contributed by atoms with Crippen LogP contribution in [0.15, 0.2) is 27.9 Å². The summed E-state index contributed by atoms with van der Waals surface area (Å²) in [6.07, 6.45) is 0.842. The minimum atomic E-state index is -0.109. The van der Waals surface area contributed by atoms with Gasteiger partial charge < -0.3 is 14.5 Å². The van der Waals surface area contributed by atoms with E-state index in [9.17, 15) is 4.79 Å². The molecule has 0 saturated heterocycles. The third kappa shape index (κ3) is 2.36. The lowest BCUT2D eigenvalue weighted by atomic mass is 10.2. The van der Waals surface area contributed by atoms with Gasteiger partial charge in [-0.1, -0.05) is 0 Å². The van der Waals surface area contributed by atoms with Gasteiger partial charge in [-0.05, 0) is 30.8 Å². The molecule has 0 radical (unpaired) electrons. The molecule has 5 nitrogen and oxygen atoms in total. The summed E-state index contributed by atoms with van der Waals surface area (Å²) in [5.41, 5.74) is 1.40. The summed E-state index contributed by atoms with van der Waals surface area (Å²) in [6.45, 7) is 0. The highest BCUT2D eigenvalue weighted by atomic mass is 32.2. The maximum Gasteiger partial charge on any atom is 0.272 e. The summed E-state index contributed by atoms with van der Waals surface area (Å²) in [6, 6.07) is 5.29. The number of nitrogens with one attached hydrogen (secondary N) is 1. The monoisotopic (exact) mass is 322 g/mol. The van der Waals surface area contributed by atoms with Crippen LogP contribution in [0.5, 0.6) is 11.5 Å². The Morgan fingerprint density at radius 3 is 2.86 bits per heavy atom. The smallest absolute Gasteiger partial charge is 0.272 e. The van der Waals surface area contributed by atoms with E-state index in [-0.39, 0.29) is 5.56 Å². The molecule has 110 valence electrons. The molecule has 0 atom stereocenters. The number of methoxy groups -OCH3 is 2. The van der Waals surface area contributed by atoms with Gasteiger partial charge in [0, 0.05) is 17.5 Å². The molecule has 0 amide bonds. The van der Waals surface area contributed by atoms with Crippen molar-refractivity contribution in [3.8, 4) is 17.2 Å². The van der Waals surface area contributed by atoms with Crippen molar-refractivity contribution in [2.75, 3.05) is 20.0 Å². The molecule has 1 aromatic carbocycles. The number of nitrogens with zero attached hydrogens (tertiary/aromatic N) is 1. The topological polar surface area (TPSA) is 56.2 Å². The van der Waals surface area contributed by atoms with Gasteiger partial charge in [-0.15, -0.1) is 11.8 Å². The zero-order valence-corrected chi connectivity index (χ0v) is 13.3. The number of ether oxygens (including phenoxy) is 2. The Balaban J connectivity index is 2.31. The Kier molecular flexibility index (Phi) is 3.77. The molecule has 0 unspecified atom stereocenters. The number of aromatic amines is 1. The Bertz CT molecular complexity index is 811. The first-order chi connectivity index (χ1) is 10.2. The average Bonchev–Trinajstić information content (AvgIpc) is 2.95. The van der Waals surface area contributed by atoms with Gasteiger partial charge in [-0.2, -0.15) is 0 Å². The maximum absolute atomic E-state index is 12.7. The van der Waals surface area contributed by atoms with Crippen molar-refractivity contribution in [2.45, 2.75) is 11.3 Å². The van der Waals surface area contributed by atoms with Crippen LogP contribution >= 0.6 is 24.0 Å². The first-order valence-corrected chi connectivity index (χ1v) is 7.78. The molecule has 21 heavy (non-hydrogen) atoms. The van der Waals surface area contributed by atoms with Crippen molar-refractivity contribution in [3.05, 3.63) is 39.0 Å². The molecular weight excluding hydrogens is 308 g/mol. The fraction of sp³-hybridized carbons (Fsp3) is 0.286. The SMILES string of the molecule is COc1ccc(OC)c(-n2c(=S)[nH]c3c(c2=O)SCC3)c1. The minimum Gasteiger partial charge on any atom is -0.497 e. The fourth-order valence-corrected chi connectivity index (χ4v) is 3.69. The Hall–Kier alpha value is -1.73. The zero-order chi connectivity index (χ0) is 15.0. The second-order valence-electron chi connectivity index (χ2n) is 4.51. The van der Waals surface area contributed by atoms with Crippen LogP contribution in [0.25, 0.3) is 5.69 Å². The second-order valence-corrected chi connectivity index (χ2v) is 6.01. The van der Waals surface area contributed by atoms with E-state index >= 15 is 0 Å². The zero-order valence-electron chi connectivity index (χ0n) is 11.6. The number of thioether (sulfide) groups is 1. The quantitative estimate of drug-likeness (QED) is 0.880. The van der Waals surface area contributed by atoms with Gasteiger partial charge in [-0.25, -0.2) is 4.57 Å². The van der Waals surface area contributed by atoms with Gasteiger partial charge in [0.25, 0.3) is 5.56 Å². The van der Waals surface area contributed by atoms with E-state index in [4.69, 9.17) is 21.7 Å². The number of rotatable bonds is 3. The van der Waals surface area contributed by atoms with Crippen molar-refractivity contribution in [3.63, 3.8) is 0 Å². The standard InChI is InChI=1S/C14H14N2O3S2/c1-18-8-3-4-11(19-2)10(7-8)16-13(17)12-9(5-6-21-12)15-14(16)20/h3-4,7H,5-6H2,1-2H3,(H,15,20). The van der Waals surface area contributed by atoms with Gasteiger partial charge in [0.2, 0.25) is 0 Å². The highest BCUT2D eigenvalue weighted by Crippen LogP contribution is 2.30. The van der Waals surface area contributed by atoms with Crippen LogP contribution in [0.3, 0.4) is 0 Å². The molecule has 2 aromatic rings. The highest BCUT2D eigenvalue weighted by molar-refractivity contribution is 7.99. The largest absolute Gasteiger partial charge is 0.497 e. The Morgan fingerprint density at radius 2 is 2.14 bits per heavy atom. The highest BCUT2D eigenvalue weighted by Gasteiger charge is 2.20. The summed E-state index contributed by atoms with van der Waals surface area (Å²) >= 11 is 6.90. The molecule has 0 saturated carbocycles. The molecule has 0 fully saturated rings. The first-order valence-electron chi connectivity index (χ1n) is 6.39. The fourth-order valence-electron chi connectivity index (χ4n) is 2.33. The van der Waals surface area contributed by atoms with E-state index in [0.29, 0.717) is 22.0 Å². The minimum absolute atomic E-state index is 0.109. The lowest BCUT2D eigenvalue weighted by Crippen LogP contribution is -2.23. The van der Waals surface area contributed by atoms with E-state index in [0.717, 1.165) is 22.8 Å². The number of fused-ring (bicyclic) bond motifs is 1. The van der Waals surface area contributed by atoms with Crippen LogP contribution in [0.2, 0.25) is 0 Å². The molecule has 0 spiro atoms. The number of aryl methyl sites for hydroxylation is 1. The number of H-pyrrole nitrogens is 1. The predicted octanol–water partition coefficient (Wildman–Crippen LogP) is 2.56. The van der Waals surface area contributed by atoms with Crippen molar-refractivity contribution in [1.82, 2.24) is 9.55 Å². The second kappa shape index (κ2) is 5.57. The van der Waals surface area contributed by atoms with Crippen LogP contribution in [0, 0.1) is 4.77 Å². The molecule has 3 rings (SSSR count). The number of hydrogen-bond acceptors (Lipinski definition) is 5. The summed E-state index contributed by atoms with van der Waals surface area (Å²) in [5, 5.41) is 0. The molecule has 0 bridgehead atoms. The third-order valence-corrected chi connectivity index (χ3v) is 4.76. The van der Waals surface area contributed by atoms with Crippen LogP contribution < -0.4 is 15.0 Å². The van der Waals surface area contributed by atoms with Gasteiger partial charge in [-0.3, -0.25) is 4.79 Å². The summed E-state index contributed by atoms with van der Waals surface area (Å²) < 4.78 is 12.4. The van der Waals surface area contributed by atoms with Gasteiger partial charge in [0.1, 0.15) is 11.5 Å². The van der Waals surface area contributed by atoms with Crippen LogP contribution in [0.1, 0.15) is 5.69 Å². The normalized spacial score (nSPS) is 13.0. The lowest BCUT2D eigenvalue weighted by Gasteiger charge is -2.13. The Labute approximate surface area is 130 Å². The van der Waals surface area contributed by atoms with Crippen molar-refractivity contribution in [1.29, 1.82) is 0 Å². The van der Waals surface area contributed by atoms with Crippen LogP contribution in [0.4, 0.5) is 0 Å². The average molecular weight is 322 g/mol. The van der Waals surface area contributed by atoms with Crippen molar-refractivity contribution < 1.29 is 9.47 Å². The van der Waals surface area contributed by atoms with Crippen molar-refractivity contribution >= 4 is 24.0 Å². The van der Waals surface area contributed by atoms with Gasteiger partial charge >= 0.3 is 0 Å². The predicted molar refractivity (Wildman–Crippen MR) is 84.8 cm³/mol. The number of aromatic nitrogens is 2. The molecule has 0 aliphatic carbocycles. The van der Waals surface area contributed by atoms with E-state index in [1.165, 1.54) is 4.57 Å². The number of hydrogen-bond donors (Lipinski definition) is 1. The molecule has 1 aliphatic heterocycles. The molecule has 7 heteroatoms. The van der Waals surface area contributed by atoms with Gasteiger partial charge in [0.05, 0.1) is 24.8 Å². The molecule has 1 aliphatic rings. The van der Waals surface area contributed by atoms with Crippen LogP contribution in [-0.2, 0) is 6.42 Å². The van der Waals surface area contributed by atoms with E-state index in [1.54, 1.807) is 44.2 Å².